The van der Waals surface area contributed by atoms with Crippen molar-refractivity contribution in [2.75, 3.05) is 25.0 Å². The molecule has 1 aromatic heterocycles. The Morgan fingerprint density at radius 1 is 1.15 bits per heavy atom. The molecule has 0 radical (unpaired) electrons. The summed E-state index contributed by atoms with van der Waals surface area (Å²) in [6.07, 6.45) is 4.22. The Morgan fingerprint density at radius 2 is 1.85 bits per heavy atom. The van der Waals surface area contributed by atoms with Crippen molar-refractivity contribution in [1.82, 2.24) is 9.47 Å². The molecule has 2 aromatic rings. The van der Waals surface area contributed by atoms with Crippen LogP contribution >= 0.6 is 11.3 Å². The lowest BCUT2D eigenvalue weighted by molar-refractivity contribution is -0.130. The number of nitrogens with zero attached hydrogens (tertiary/aromatic N) is 3. The van der Waals surface area contributed by atoms with Crippen LogP contribution in [0.5, 0.6) is 0 Å². The summed E-state index contributed by atoms with van der Waals surface area (Å²) < 4.78 is 1.67. The van der Waals surface area contributed by atoms with Gasteiger partial charge in [0.15, 0.2) is 0 Å². The van der Waals surface area contributed by atoms with Crippen molar-refractivity contribution in [3.63, 3.8) is 0 Å². The number of benzene rings is 1. The molecule has 0 aliphatic carbocycles. The number of carbonyl (C=O) groups is 1. The highest BCUT2D eigenvalue weighted by Crippen LogP contribution is 2.20. The summed E-state index contributed by atoms with van der Waals surface area (Å²) in [6, 6.07) is 8.54. The molecule has 26 heavy (non-hydrogen) atoms. The molecule has 5 nitrogen and oxygen atoms in total. The molecule has 0 unspecified atom stereocenters. The van der Waals surface area contributed by atoms with Gasteiger partial charge in [-0.3, -0.25) is 9.59 Å². The van der Waals surface area contributed by atoms with E-state index in [-0.39, 0.29) is 10.8 Å². The van der Waals surface area contributed by atoms with Crippen molar-refractivity contribution in [2.24, 2.45) is 0 Å². The molecule has 1 saturated heterocycles. The van der Waals surface area contributed by atoms with E-state index in [0.717, 1.165) is 24.3 Å². The molecule has 3 rings (SSSR count). The Balaban J connectivity index is 1.52. The average Bonchev–Trinajstić information content (AvgIpc) is 2.99. The van der Waals surface area contributed by atoms with Crippen LogP contribution in [0.4, 0.5) is 5.69 Å². The molecule has 6 heteroatoms. The van der Waals surface area contributed by atoms with Gasteiger partial charge in [-0.1, -0.05) is 23.5 Å². The van der Waals surface area contributed by atoms with E-state index < -0.39 is 0 Å². The predicted molar refractivity (Wildman–Crippen MR) is 107 cm³/mol. The van der Waals surface area contributed by atoms with Crippen LogP contribution in [-0.4, -0.2) is 35.5 Å². The second kappa shape index (κ2) is 8.54. The molecule has 1 aromatic carbocycles. The lowest BCUT2D eigenvalue weighted by Gasteiger charge is -2.29. The second-order valence-corrected chi connectivity index (χ2v) is 7.83. The Kier molecular flexibility index (Phi) is 6.14. The highest BCUT2D eigenvalue weighted by atomic mass is 32.1. The monoisotopic (exact) mass is 373 g/mol. The van der Waals surface area contributed by atoms with E-state index in [1.54, 1.807) is 9.47 Å². The van der Waals surface area contributed by atoms with Gasteiger partial charge in [0.2, 0.25) is 5.91 Å². The van der Waals surface area contributed by atoms with Gasteiger partial charge in [0.1, 0.15) is 0 Å². The van der Waals surface area contributed by atoms with Crippen molar-refractivity contribution >= 4 is 22.9 Å². The minimum Gasteiger partial charge on any atom is -0.372 e. The largest absolute Gasteiger partial charge is 0.372 e. The van der Waals surface area contributed by atoms with Gasteiger partial charge < -0.3 is 14.4 Å². The lowest BCUT2D eigenvalue weighted by atomic mass is 10.1. The molecule has 0 N–H and O–H groups in total. The van der Waals surface area contributed by atoms with Gasteiger partial charge in [0, 0.05) is 56.4 Å². The van der Waals surface area contributed by atoms with Crippen LogP contribution in [0.3, 0.4) is 0 Å². The fraction of sp³-hybridized carbons (Fsp3) is 0.500. The number of hydrogen-bond donors (Lipinski definition) is 0. The Labute approximate surface area is 158 Å². The zero-order valence-corrected chi connectivity index (χ0v) is 16.4. The third kappa shape index (κ3) is 4.55. The van der Waals surface area contributed by atoms with Crippen LogP contribution < -0.4 is 9.77 Å². The Bertz CT molecular complexity index is 788. The minimum atomic E-state index is 0.00579. The maximum atomic E-state index is 12.4. The number of hydrogen-bond acceptors (Lipinski definition) is 4. The molecule has 1 aliphatic heterocycles. The standard InChI is InChI=1S/C20H27N3O2S/c1-16-15-26-20(25)23(16)13-10-19(24)21(2)14-17-6-8-18(9-7-17)22-11-4-3-5-12-22/h6-9,15H,3-5,10-14H2,1-2H3. The van der Waals surface area contributed by atoms with Crippen molar-refractivity contribution in [3.05, 3.63) is 50.6 Å². The van der Waals surface area contributed by atoms with Crippen molar-refractivity contribution < 1.29 is 4.79 Å². The number of aromatic nitrogens is 1. The normalized spacial score (nSPS) is 14.5. The number of aryl methyl sites for hydroxylation is 1. The molecule has 140 valence electrons. The van der Waals surface area contributed by atoms with Crippen molar-refractivity contribution in [3.8, 4) is 0 Å². The van der Waals surface area contributed by atoms with Gasteiger partial charge >= 0.3 is 4.87 Å². The SMILES string of the molecule is Cc1csc(=O)n1CCC(=O)N(C)Cc1ccc(N2CCCCC2)cc1. The molecule has 0 saturated carbocycles. The van der Waals surface area contributed by atoms with Gasteiger partial charge in [-0.2, -0.15) is 0 Å². The Hall–Kier alpha value is -2.08. The summed E-state index contributed by atoms with van der Waals surface area (Å²) in [5.41, 5.74) is 3.32. The molecule has 0 spiro atoms. The highest BCUT2D eigenvalue weighted by molar-refractivity contribution is 7.07. The maximum Gasteiger partial charge on any atom is 0.307 e. The quantitative estimate of drug-likeness (QED) is 0.781. The summed E-state index contributed by atoms with van der Waals surface area (Å²) in [5.74, 6) is 0.0580. The number of carbonyl (C=O) groups excluding carboxylic acids is 1. The van der Waals surface area contributed by atoms with E-state index in [1.807, 2.05) is 19.4 Å². The van der Waals surface area contributed by atoms with Gasteiger partial charge in [0.05, 0.1) is 0 Å². The number of anilines is 1. The summed E-state index contributed by atoms with van der Waals surface area (Å²) in [6.45, 7) is 5.22. The van der Waals surface area contributed by atoms with Crippen LogP contribution in [0.2, 0.25) is 0 Å². The number of thiazole rings is 1. The summed E-state index contributed by atoms with van der Waals surface area (Å²) >= 11 is 1.19. The van der Waals surface area contributed by atoms with E-state index in [0.29, 0.717) is 19.5 Å². The van der Waals surface area contributed by atoms with Crippen LogP contribution in [0.25, 0.3) is 0 Å². The van der Waals surface area contributed by atoms with Crippen LogP contribution in [0.15, 0.2) is 34.4 Å². The summed E-state index contributed by atoms with van der Waals surface area (Å²) in [5, 5.41) is 1.83. The lowest BCUT2D eigenvalue weighted by Crippen LogP contribution is -2.29. The molecule has 1 amide bonds. The number of rotatable bonds is 6. The van der Waals surface area contributed by atoms with Gasteiger partial charge in [-0.25, -0.2) is 0 Å². The second-order valence-electron chi connectivity index (χ2n) is 7.01. The van der Waals surface area contributed by atoms with Crippen LogP contribution in [-0.2, 0) is 17.9 Å². The van der Waals surface area contributed by atoms with Crippen molar-refractivity contribution in [1.29, 1.82) is 0 Å². The fourth-order valence-electron chi connectivity index (χ4n) is 3.40. The average molecular weight is 374 g/mol. The number of amides is 1. The molecule has 1 fully saturated rings. The first-order chi connectivity index (χ1) is 12.5. The third-order valence-electron chi connectivity index (χ3n) is 5.03. The summed E-state index contributed by atoms with van der Waals surface area (Å²) in [4.78, 5) is 28.3. The van der Waals surface area contributed by atoms with Crippen LogP contribution in [0, 0.1) is 6.92 Å². The zero-order valence-electron chi connectivity index (χ0n) is 15.6. The molecule has 1 aliphatic rings. The first-order valence-corrected chi connectivity index (χ1v) is 10.2. The molecule has 0 bridgehead atoms. The van der Waals surface area contributed by atoms with Gasteiger partial charge in [-0.05, 0) is 43.9 Å². The number of piperidine rings is 1. The van der Waals surface area contributed by atoms with Crippen LogP contribution in [0.1, 0.15) is 36.9 Å². The smallest absolute Gasteiger partial charge is 0.307 e. The van der Waals surface area contributed by atoms with E-state index in [9.17, 15) is 9.59 Å². The molecular weight excluding hydrogens is 346 g/mol. The molecular formula is C20H27N3O2S. The first-order valence-electron chi connectivity index (χ1n) is 9.27. The van der Waals surface area contributed by atoms with E-state index in [1.165, 1.54) is 36.3 Å². The van der Waals surface area contributed by atoms with E-state index >= 15 is 0 Å². The zero-order chi connectivity index (χ0) is 18.5. The molecule has 2 heterocycles. The van der Waals surface area contributed by atoms with Crippen molar-refractivity contribution in [2.45, 2.75) is 45.7 Å². The van der Waals surface area contributed by atoms with Gasteiger partial charge in [-0.15, -0.1) is 0 Å². The van der Waals surface area contributed by atoms with E-state index in [2.05, 4.69) is 29.2 Å². The molecule has 0 atom stereocenters. The predicted octanol–water partition coefficient (Wildman–Crippen LogP) is 3.26. The minimum absolute atomic E-state index is 0.00579. The Morgan fingerprint density at radius 3 is 2.46 bits per heavy atom. The topological polar surface area (TPSA) is 45.6 Å². The first kappa shape index (κ1) is 18.7. The highest BCUT2D eigenvalue weighted by Gasteiger charge is 2.13. The maximum absolute atomic E-state index is 12.4. The fourth-order valence-corrected chi connectivity index (χ4v) is 4.16. The van der Waals surface area contributed by atoms with Gasteiger partial charge in [0.25, 0.3) is 0 Å². The summed E-state index contributed by atoms with van der Waals surface area (Å²) in [7, 11) is 1.82. The third-order valence-corrected chi connectivity index (χ3v) is 5.91. The van der Waals surface area contributed by atoms with E-state index in [4.69, 9.17) is 0 Å².